The molecule has 0 saturated heterocycles. The van der Waals surface area contributed by atoms with Crippen LogP contribution in [0.5, 0.6) is 0 Å². The Morgan fingerprint density at radius 2 is 2.00 bits per heavy atom. The van der Waals surface area contributed by atoms with Crippen LogP contribution in [0.1, 0.15) is 11.1 Å². The Morgan fingerprint density at radius 1 is 1.24 bits per heavy atom. The smallest absolute Gasteiger partial charge is 0.281 e. The van der Waals surface area contributed by atoms with Crippen molar-refractivity contribution in [1.29, 1.82) is 5.26 Å². The Balaban J connectivity index is 2.45. The van der Waals surface area contributed by atoms with Crippen LogP contribution in [0.15, 0.2) is 41.6 Å². The van der Waals surface area contributed by atoms with E-state index in [4.69, 9.17) is 5.26 Å². The quantitative estimate of drug-likeness (QED) is 0.902. The zero-order chi connectivity index (χ0) is 15.5. The van der Waals surface area contributed by atoms with Crippen molar-refractivity contribution < 1.29 is 8.42 Å². The van der Waals surface area contributed by atoms with Gasteiger partial charge in [-0.2, -0.15) is 13.7 Å². The van der Waals surface area contributed by atoms with Gasteiger partial charge in [-0.15, -0.1) is 0 Å². The topological polar surface area (TPSA) is 94.9 Å². The Hall–Kier alpha value is -2.59. The maximum Gasteiger partial charge on any atom is 0.281 e. The number of nitrogens with zero attached hydrogens (tertiary/aromatic N) is 2. The van der Waals surface area contributed by atoms with Crippen LogP contribution in [0.4, 0.5) is 11.4 Å². The van der Waals surface area contributed by atoms with Gasteiger partial charge in [-0.1, -0.05) is 6.07 Å². The summed E-state index contributed by atoms with van der Waals surface area (Å²) >= 11 is 0. The van der Waals surface area contributed by atoms with Crippen molar-refractivity contribution in [3.8, 4) is 6.07 Å². The van der Waals surface area contributed by atoms with E-state index in [0.717, 1.165) is 5.56 Å². The van der Waals surface area contributed by atoms with Gasteiger partial charge < -0.3 is 5.32 Å². The molecule has 0 amide bonds. The highest BCUT2D eigenvalue weighted by molar-refractivity contribution is 7.92. The highest BCUT2D eigenvalue weighted by Crippen LogP contribution is 2.23. The minimum Gasteiger partial charge on any atom is -0.386 e. The van der Waals surface area contributed by atoms with Crippen LogP contribution in [0.2, 0.25) is 0 Å². The van der Waals surface area contributed by atoms with Gasteiger partial charge in [0.25, 0.3) is 10.0 Å². The lowest BCUT2D eigenvalue weighted by atomic mass is 10.1. The minimum atomic E-state index is -3.84. The average molecular weight is 302 g/mol. The molecule has 1 aromatic heterocycles. The molecule has 0 aliphatic carbocycles. The molecule has 0 aliphatic heterocycles. The second kappa shape index (κ2) is 5.81. The van der Waals surface area contributed by atoms with E-state index >= 15 is 0 Å². The number of hydrogen-bond acceptors (Lipinski definition) is 5. The Morgan fingerprint density at radius 3 is 2.67 bits per heavy atom. The summed E-state index contributed by atoms with van der Waals surface area (Å²) in [6.45, 7) is 1.76. The fraction of sp³-hybridized carbons (Fsp3) is 0.143. The fourth-order valence-electron chi connectivity index (χ4n) is 1.79. The van der Waals surface area contributed by atoms with Gasteiger partial charge in [0.15, 0.2) is 5.03 Å². The molecule has 2 N–H and O–H groups in total. The number of nitriles is 1. The first-order valence-corrected chi connectivity index (χ1v) is 7.62. The van der Waals surface area contributed by atoms with Crippen molar-refractivity contribution in [3.05, 3.63) is 47.7 Å². The summed E-state index contributed by atoms with van der Waals surface area (Å²) in [6, 6.07) is 10.1. The van der Waals surface area contributed by atoms with E-state index in [1.807, 2.05) is 6.07 Å². The molecule has 2 aromatic rings. The summed E-state index contributed by atoms with van der Waals surface area (Å²) in [5.41, 5.74) is 1.87. The molecule has 0 bridgehead atoms. The van der Waals surface area contributed by atoms with Gasteiger partial charge in [0.2, 0.25) is 0 Å². The zero-order valence-electron chi connectivity index (χ0n) is 11.6. The van der Waals surface area contributed by atoms with Gasteiger partial charge >= 0.3 is 0 Å². The van der Waals surface area contributed by atoms with Gasteiger partial charge in [0, 0.05) is 13.2 Å². The zero-order valence-corrected chi connectivity index (χ0v) is 12.4. The molecule has 1 aromatic carbocycles. The van der Waals surface area contributed by atoms with E-state index in [0.29, 0.717) is 16.9 Å². The molecule has 108 valence electrons. The van der Waals surface area contributed by atoms with Crippen LogP contribution in [-0.4, -0.2) is 20.4 Å². The maximum absolute atomic E-state index is 12.4. The predicted octanol–water partition coefficient (Wildman–Crippen LogP) is 2.10. The van der Waals surface area contributed by atoms with Crippen molar-refractivity contribution in [2.45, 2.75) is 11.9 Å². The summed E-state index contributed by atoms with van der Waals surface area (Å²) < 4.78 is 27.3. The maximum atomic E-state index is 12.4. The third-order valence-electron chi connectivity index (χ3n) is 2.91. The van der Waals surface area contributed by atoms with Gasteiger partial charge in [-0.05, 0) is 36.8 Å². The standard InChI is InChI=1S/C14H14N4O2S/c1-10-5-6-11(9-15)8-13(10)18-21(19,20)14-12(16-2)4-3-7-17-14/h3-8,16,18H,1-2H3. The molecule has 0 aliphatic rings. The molecule has 7 heteroatoms. The molecule has 0 radical (unpaired) electrons. The first-order chi connectivity index (χ1) is 9.97. The molecule has 0 atom stereocenters. The average Bonchev–Trinajstić information content (AvgIpc) is 2.49. The van der Waals surface area contributed by atoms with Gasteiger partial charge in [0.05, 0.1) is 23.0 Å². The third-order valence-corrected chi connectivity index (χ3v) is 4.23. The molecule has 0 unspecified atom stereocenters. The molecular weight excluding hydrogens is 288 g/mol. The summed E-state index contributed by atoms with van der Waals surface area (Å²) in [4.78, 5) is 3.91. The van der Waals surface area contributed by atoms with Crippen molar-refractivity contribution >= 4 is 21.4 Å². The molecule has 2 rings (SSSR count). The summed E-state index contributed by atoms with van der Waals surface area (Å²) in [6.07, 6.45) is 1.41. The molecular formula is C14H14N4O2S. The number of hydrogen-bond donors (Lipinski definition) is 2. The normalized spacial score (nSPS) is 10.7. The first-order valence-electron chi connectivity index (χ1n) is 6.14. The van der Waals surface area contributed by atoms with Crippen molar-refractivity contribution in [3.63, 3.8) is 0 Å². The second-order valence-electron chi connectivity index (χ2n) is 4.35. The Bertz CT molecular complexity index is 810. The Labute approximate surface area is 123 Å². The highest BCUT2D eigenvalue weighted by atomic mass is 32.2. The number of pyridine rings is 1. The minimum absolute atomic E-state index is 0.0886. The van der Waals surface area contributed by atoms with Gasteiger partial charge in [0.1, 0.15) is 0 Å². The molecule has 21 heavy (non-hydrogen) atoms. The monoisotopic (exact) mass is 302 g/mol. The number of aryl methyl sites for hydroxylation is 1. The van der Waals surface area contributed by atoms with Crippen LogP contribution < -0.4 is 10.0 Å². The molecule has 1 heterocycles. The molecule has 0 saturated carbocycles. The third kappa shape index (κ3) is 3.12. The van der Waals surface area contributed by atoms with E-state index < -0.39 is 10.0 Å². The summed E-state index contributed by atoms with van der Waals surface area (Å²) in [7, 11) is -2.21. The van der Waals surface area contributed by atoms with Crippen LogP contribution in [0.25, 0.3) is 0 Å². The largest absolute Gasteiger partial charge is 0.386 e. The lowest BCUT2D eigenvalue weighted by molar-refractivity contribution is 0.598. The number of sulfonamides is 1. The van der Waals surface area contributed by atoms with Crippen LogP contribution in [0.3, 0.4) is 0 Å². The number of anilines is 2. The van der Waals surface area contributed by atoms with E-state index in [1.165, 1.54) is 12.3 Å². The fourth-order valence-corrected chi connectivity index (χ4v) is 3.06. The van der Waals surface area contributed by atoms with E-state index in [9.17, 15) is 8.42 Å². The van der Waals surface area contributed by atoms with Crippen molar-refractivity contribution in [2.75, 3.05) is 17.1 Å². The molecule has 6 nitrogen and oxygen atoms in total. The number of nitrogens with one attached hydrogen (secondary N) is 2. The lowest BCUT2D eigenvalue weighted by Crippen LogP contribution is -2.17. The van der Waals surface area contributed by atoms with E-state index in [-0.39, 0.29) is 5.03 Å². The second-order valence-corrected chi connectivity index (χ2v) is 5.95. The molecule has 0 spiro atoms. The van der Waals surface area contributed by atoms with Gasteiger partial charge in [-0.3, -0.25) is 4.72 Å². The first kappa shape index (κ1) is 14.8. The van der Waals surface area contributed by atoms with Crippen molar-refractivity contribution in [1.82, 2.24) is 4.98 Å². The van der Waals surface area contributed by atoms with E-state index in [2.05, 4.69) is 15.0 Å². The highest BCUT2D eigenvalue weighted by Gasteiger charge is 2.20. The van der Waals surface area contributed by atoms with Crippen LogP contribution >= 0.6 is 0 Å². The lowest BCUT2D eigenvalue weighted by Gasteiger charge is -2.12. The van der Waals surface area contributed by atoms with Crippen molar-refractivity contribution in [2.24, 2.45) is 0 Å². The predicted molar refractivity (Wildman–Crippen MR) is 80.5 cm³/mol. The summed E-state index contributed by atoms with van der Waals surface area (Å²) in [5.74, 6) is 0. The number of benzene rings is 1. The van der Waals surface area contributed by atoms with Crippen LogP contribution in [-0.2, 0) is 10.0 Å². The number of aromatic nitrogens is 1. The molecule has 0 fully saturated rings. The Kier molecular flexibility index (Phi) is 4.10. The summed E-state index contributed by atoms with van der Waals surface area (Å²) in [5, 5.41) is 11.6. The SMILES string of the molecule is CNc1cccnc1S(=O)(=O)Nc1cc(C#N)ccc1C. The van der Waals surface area contributed by atoms with Gasteiger partial charge in [-0.25, -0.2) is 4.98 Å². The van der Waals surface area contributed by atoms with Crippen LogP contribution in [0, 0.1) is 18.3 Å². The van der Waals surface area contributed by atoms with E-state index in [1.54, 1.807) is 38.2 Å². The number of rotatable bonds is 4.